The molecule has 1 aliphatic heterocycles. The summed E-state index contributed by atoms with van der Waals surface area (Å²) in [5.74, 6) is 0.354. The molecule has 2 aromatic rings. The number of methoxy groups -OCH3 is 1. The lowest BCUT2D eigenvalue weighted by molar-refractivity contribution is -0.277. The molecule has 0 aromatic heterocycles. The third-order valence-electron chi connectivity index (χ3n) is 4.69. The standard InChI is InChI=1S/C21H24O9/c1-28-16-5-4-11(8-15(16)24)2-3-12-6-13(23)9-14(7-12)29-21-20(27)19(26)18(25)17(10-22)30-21/h2-9,17-27H,10H2,1H3/b3-2+/t17-,18-,19+,20-,21-/m1/s1. The predicted octanol–water partition coefficient (Wildman–Crippen LogP) is 0.455. The molecule has 9 heteroatoms. The van der Waals surface area contributed by atoms with E-state index in [1.54, 1.807) is 30.4 Å². The summed E-state index contributed by atoms with van der Waals surface area (Å²) in [4.78, 5) is 0. The first-order valence-electron chi connectivity index (χ1n) is 9.18. The van der Waals surface area contributed by atoms with Crippen LogP contribution in [0, 0.1) is 0 Å². The minimum atomic E-state index is -1.57. The molecule has 0 bridgehead atoms. The molecule has 3 rings (SSSR count). The van der Waals surface area contributed by atoms with Gasteiger partial charge in [-0.05, 0) is 35.4 Å². The van der Waals surface area contributed by atoms with Crippen molar-refractivity contribution < 1.29 is 44.8 Å². The van der Waals surface area contributed by atoms with Gasteiger partial charge in [0.25, 0.3) is 0 Å². The summed E-state index contributed by atoms with van der Waals surface area (Å²) in [7, 11) is 1.45. The van der Waals surface area contributed by atoms with Gasteiger partial charge in [0.15, 0.2) is 11.5 Å². The molecular formula is C21H24O9. The van der Waals surface area contributed by atoms with Crippen LogP contribution in [0.5, 0.6) is 23.0 Å². The van der Waals surface area contributed by atoms with Gasteiger partial charge in [0.05, 0.1) is 13.7 Å². The maximum atomic E-state index is 10.1. The molecule has 162 valence electrons. The highest BCUT2D eigenvalue weighted by molar-refractivity contribution is 5.72. The zero-order chi connectivity index (χ0) is 21.8. The van der Waals surface area contributed by atoms with E-state index in [2.05, 4.69) is 0 Å². The van der Waals surface area contributed by atoms with Crippen LogP contribution in [0.15, 0.2) is 36.4 Å². The normalized spacial score (nSPS) is 26.6. The second-order valence-corrected chi connectivity index (χ2v) is 6.84. The fourth-order valence-corrected chi connectivity index (χ4v) is 3.07. The molecule has 0 spiro atoms. The highest BCUT2D eigenvalue weighted by Crippen LogP contribution is 2.30. The molecule has 6 N–H and O–H groups in total. The molecular weight excluding hydrogens is 396 g/mol. The van der Waals surface area contributed by atoms with Crippen molar-refractivity contribution in [3.05, 3.63) is 47.5 Å². The lowest BCUT2D eigenvalue weighted by atomic mass is 9.99. The van der Waals surface area contributed by atoms with Crippen LogP contribution >= 0.6 is 0 Å². The maximum Gasteiger partial charge on any atom is 0.229 e. The quantitative estimate of drug-likeness (QED) is 0.366. The number of aromatic hydroxyl groups is 2. The van der Waals surface area contributed by atoms with E-state index in [9.17, 15) is 30.6 Å². The van der Waals surface area contributed by atoms with E-state index >= 15 is 0 Å². The Morgan fingerprint density at radius 1 is 0.933 bits per heavy atom. The van der Waals surface area contributed by atoms with Crippen molar-refractivity contribution in [2.45, 2.75) is 30.7 Å². The van der Waals surface area contributed by atoms with Gasteiger partial charge >= 0.3 is 0 Å². The van der Waals surface area contributed by atoms with E-state index in [1.165, 1.54) is 25.3 Å². The number of rotatable bonds is 6. The van der Waals surface area contributed by atoms with Crippen LogP contribution in [0.2, 0.25) is 0 Å². The van der Waals surface area contributed by atoms with Crippen LogP contribution in [-0.2, 0) is 4.74 Å². The molecule has 30 heavy (non-hydrogen) atoms. The van der Waals surface area contributed by atoms with Crippen LogP contribution in [0.3, 0.4) is 0 Å². The van der Waals surface area contributed by atoms with Crippen LogP contribution in [0.1, 0.15) is 11.1 Å². The topological polar surface area (TPSA) is 149 Å². The van der Waals surface area contributed by atoms with E-state index in [1.807, 2.05) is 0 Å². The lowest BCUT2D eigenvalue weighted by Gasteiger charge is -2.39. The molecule has 0 saturated carbocycles. The van der Waals surface area contributed by atoms with E-state index in [0.717, 1.165) is 0 Å². The lowest BCUT2D eigenvalue weighted by Crippen LogP contribution is -2.60. The fraction of sp³-hybridized carbons (Fsp3) is 0.333. The summed E-state index contributed by atoms with van der Waals surface area (Å²) in [6, 6.07) is 9.19. The number of aliphatic hydroxyl groups is 4. The number of hydrogen-bond donors (Lipinski definition) is 6. The van der Waals surface area contributed by atoms with E-state index in [0.29, 0.717) is 16.9 Å². The Bertz CT molecular complexity index is 896. The number of hydrogen-bond acceptors (Lipinski definition) is 9. The van der Waals surface area contributed by atoms with Gasteiger partial charge < -0.3 is 44.8 Å². The van der Waals surface area contributed by atoms with Crippen molar-refractivity contribution in [2.24, 2.45) is 0 Å². The largest absolute Gasteiger partial charge is 0.508 e. The minimum Gasteiger partial charge on any atom is -0.508 e. The monoisotopic (exact) mass is 420 g/mol. The summed E-state index contributed by atoms with van der Waals surface area (Å²) in [6.45, 7) is -0.576. The van der Waals surface area contributed by atoms with Gasteiger partial charge in [-0.1, -0.05) is 18.2 Å². The average molecular weight is 420 g/mol. The van der Waals surface area contributed by atoms with E-state index in [-0.39, 0.29) is 17.2 Å². The second kappa shape index (κ2) is 9.33. The first-order valence-corrected chi connectivity index (χ1v) is 9.18. The molecule has 1 fully saturated rings. The number of phenols is 2. The van der Waals surface area contributed by atoms with Crippen molar-refractivity contribution in [3.63, 3.8) is 0 Å². The zero-order valence-corrected chi connectivity index (χ0v) is 16.1. The third-order valence-corrected chi connectivity index (χ3v) is 4.69. The number of aliphatic hydroxyl groups excluding tert-OH is 4. The zero-order valence-electron chi connectivity index (χ0n) is 16.1. The summed E-state index contributed by atoms with van der Waals surface area (Å²) in [6.07, 6.45) is -3.72. The van der Waals surface area contributed by atoms with Crippen LogP contribution in [0.25, 0.3) is 12.2 Å². The van der Waals surface area contributed by atoms with Gasteiger partial charge in [0.2, 0.25) is 6.29 Å². The highest BCUT2D eigenvalue weighted by atomic mass is 16.7. The number of ether oxygens (including phenoxy) is 3. The summed E-state index contributed by atoms with van der Waals surface area (Å²) < 4.78 is 15.8. The third kappa shape index (κ3) is 4.84. The molecule has 5 atom stereocenters. The summed E-state index contributed by atoms with van der Waals surface area (Å²) in [5.41, 5.74) is 1.23. The molecule has 9 nitrogen and oxygen atoms in total. The van der Waals surface area contributed by atoms with Gasteiger partial charge in [0, 0.05) is 6.07 Å². The molecule has 1 heterocycles. The SMILES string of the molecule is COc1ccc(/C=C/c2cc(O)cc(O[C@@H]3O[C@H](CO)[C@@H](O)[C@H](O)[C@H]3O)c2)cc1O. The van der Waals surface area contributed by atoms with Gasteiger partial charge in [-0.2, -0.15) is 0 Å². The fourth-order valence-electron chi connectivity index (χ4n) is 3.07. The Balaban J connectivity index is 1.77. The van der Waals surface area contributed by atoms with Gasteiger partial charge in [-0.15, -0.1) is 0 Å². The first-order chi connectivity index (χ1) is 14.3. The Labute approximate surface area is 172 Å². The van der Waals surface area contributed by atoms with Crippen molar-refractivity contribution in [2.75, 3.05) is 13.7 Å². The highest BCUT2D eigenvalue weighted by Gasteiger charge is 2.44. The molecule has 1 aliphatic rings. The number of phenolic OH excluding ortho intramolecular Hbond substituents is 2. The minimum absolute atomic E-state index is 0.0119. The Morgan fingerprint density at radius 3 is 2.33 bits per heavy atom. The summed E-state index contributed by atoms with van der Waals surface area (Å²) >= 11 is 0. The molecule has 0 unspecified atom stereocenters. The molecule has 0 aliphatic carbocycles. The van der Waals surface area contributed by atoms with E-state index in [4.69, 9.17) is 14.2 Å². The van der Waals surface area contributed by atoms with E-state index < -0.39 is 37.3 Å². The smallest absolute Gasteiger partial charge is 0.229 e. The van der Waals surface area contributed by atoms with Gasteiger partial charge in [0.1, 0.15) is 35.9 Å². The Kier molecular flexibility index (Phi) is 6.80. The van der Waals surface area contributed by atoms with Crippen molar-refractivity contribution in [1.82, 2.24) is 0 Å². The summed E-state index contributed by atoms with van der Waals surface area (Å²) in [5, 5.41) is 58.9. The molecule has 1 saturated heterocycles. The average Bonchev–Trinajstić information content (AvgIpc) is 2.72. The maximum absolute atomic E-state index is 10.1. The predicted molar refractivity (Wildman–Crippen MR) is 106 cm³/mol. The van der Waals surface area contributed by atoms with Crippen molar-refractivity contribution in [1.29, 1.82) is 0 Å². The Hall–Kier alpha value is -2.82. The van der Waals surface area contributed by atoms with Gasteiger partial charge in [-0.25, -0.2) is 0 Å². The number of benzene rings is 2. The molecule has 0 radical (unpaired) electrons. The van der Waals surface area contributed by atoms with Gasteiger partial charge in [-0.3, -0.25) is 0 Å². The van der Waals surface area contributed by atoms with Crippen LogP contribution in [0.4, 0.5) is 0 Å². The first kappa shape index (κ1) is 21.9. The Morgan fingerprint density at radius 2 is 1.67 bits per heavy atom. The van der Waals surface area contributed by atoms with Crippen LogP contribution in [-0.4, -0.2) is 75.1 Å². The van der Waals surface area contributed by atoms with Crippen LogP contribution < -0.4 is 9.47 Å². The van der Waals surface area contributed by atoms with Crippen molar-refractivity contribution in [3.8, 4) is 23.0 Å². The second-order valence-electron chi connectivity index (χ2n) is 6.84. The molecule has 0 amide bonds. The molecule has 2 aromatic carbocycles. The van der Waals surface area contributed by atoms with Crippen molar-refractivity contribution >= 4 is 12.2 Å².